The molecule has 0 unspecified atom stereocenters. The van der Waals surface area contributed by atoms with E-state index in [1.807, 2.05) is 0 Å². The highest BCUT2D eigenvalue weighted by molar-refractivity contribution is 7.18. The zero-order chi connectivity index (χ0) is 14.1. The second-order valence-corrected chi connectivity index (χ2v) is 5.97. The Kier molecular flexibility index (Phi) is 3.56. The third-order valence-corrected chi connectivity index (χ3v) is 4.68. The van der Waals surface area contributed by atoms with E-state index in [1.165, 1.54) is 11.3 Å². The normalized spacial score (nSPS) is 14.2. The maximum absolute atomic E-state index is 12.2. The topological polar surface area (TPSA) is 72.0 Å². The molecule has 1 aliphatic rings. The SMILES string of the molecule is CCOC(=O)Cc1nc2sc3c(c2c(=O)[nH]1)CCCC3. The molecule has 1 N–H and O–H groups in total. The van der Waals surface area contributed by atoms with Gasteiger partial charge in [-0.2, -0.15) is 0 Å². The zero-order valence-corrected chi connectivity index (χ0v) is 12.1. The maximum atomic E-state index is 12.2. The first-order valence-electron chi connectivity index (χ1n) is 6.88. The van der Waals surface area contributed by atoms with E-state index in [-0.39, 0.29) is 17.9 Å². The average molecular weight is 292 g/mol. The summed E-state index contributed by atoms with van der Waals surface area (Å²) >= 11 is 1.59. The summed E-state index contributed by atoms with van der Waals surface area (Å²) in [5, 5.41) is 0.720. The van der Waals surface area contributed by atoms with Crippen molar-refractivity contribution in [3.63, 3.8) is 0 Å². The first kappa shape index (κ1) is 13.3. The highest BCUT2D eigenvalue weighted by atomic mass is 32.1. The van der Waals surface area contributed by atoms with E-state index in [4.69, 9.17) is 4.74 Å². The molecule has 2 aromatic rings. The van der Waals surface area contributed by atoms with Crippen LogP contribution in [0, 0.1) is 0 Å². The quantitative estimate of drug-likeness (QED) is 0.878. The number of aromatic amines is 1. The Hall–Kier alpha value is -1.69. The zero-order valence-electron chi connectivity index (χ0n) is 11.3. The molecule has 5 nitrogen and oxygen atoms in total. The monoisotopic (exact) mass is 292 g/mol. The predicted molar refractivity (Wildman–Crippen MR) is 77.2 cm³/mol. The number of esters is 1. The molecule has 0 saturated heterocycles. The molecule has 0 aromatic carbocycles. The molecule has 1 aliphatic carbocycles. The molecule has 2 heterocycles. The van der Waals surface area contributed by atoms with Crippen LogP contribution in [0.3, 0.4) is 0 Å². The number of carbonyl (C=O) groups excluding carboxylic acids is 1. The van der Waals surface area contributed by atoms with Gasteiger partial charge in [-0.1, -0.05) is 0 Å². The minimum atomic E-state index is -0.365. The molecule has 0 aliphatic heterocycles. The average Bonchev–Trinajstić information content (AvgIpc) is 2.77. The molecule has 20 heavy (non-hydrogen) atoms. The van der Waals surface area contributed by atoms with Crippen LogP contribution in [0.1, 0.15) is 36.0 Å². The number of thiophene rings is 1. The number of aromatic nitrogens is 2. The Morgan fingerprint density at radius 2 is 2.20 bits per heavy atom. The fourth-order valence-electron chi connectivity index (χ4n) is 2.64. The molecule has 3 rings (SSSR count). The van der Waals surface area contributed by atoms with Crippen molar-refractivity contribution in [3.05, 3.63) is 26.6 Å². The second-order valence-electron chi connectivity index (χ2n) is 4.89. The number of hydrogen-bond donors (Lipinski definition) is 1. The number of aryl methyl sites for hydroxylation is 2. The summed E-state index contributed by atoms with van der Waals surface area (Å²) in [6.45, 7) is 2.09. The molecule has 6 heteroatoms. The van der Waals surface area contributed by atoms with Gasteiger partial charge in [-0.05, 0) is 38.2 Å². The van der Waals surface area contributed by atoms with Crippen LogP contribution in [0.2, 0.25) is 0 Å². The van der Waals surface area contributed by atoms with Crippen LogP contribution in [-0.4, -0.2) is 22.5 Å². The summed E-state index contributed by atoms with van der Waals surface area (Å²) in [5.74, 6) is 0.0240. The smallest absolute Gasteiger partial charge is 0.313 e. The minimum Gasteiger partial charge on any atom is -0.466 e. The van der Waals surface area contributed by atoms with Crippen molar-refractivity contribution < 1.29 is 9.53 Å². The molecular weight excluding hydrogens is 276 g/mol. The summed E-state index contributed by atoms with van der Waals surface area (Å²) in [6.07, 6.45) is 4.30. The lowest BCUT2D eigenvalue weighted by molar-refractivity contribution is -0.142. The molecule has 0 atom stereocenters. The minimum absolute atomic E-state index is 0.0155. The third-order valence-electron chi connectivity index (χ3n) is 3.49. The van der Waals surface area contributed by atoms with Gasteiger partial charge in [0.2, 0.25) is 0 Å². The van der Waals surface area contributed by atoms with E-state index in [9.17, 15) is 9.59 Å². The number of rotatable bonds is 3. The van der Waals surface area contributed by atoms with E-state index in [0.717, 1.165) is 35.0 Å². The van der Waals surface area contributed by atoms with Crippen molar-refractivity contribution in [3.8, 4) is 0 Å². The van der Waals surface area contributed by atoms with Crippen molar-refractivity contribution >= 4 is 27.5 Å². The van der Waals surface area contributed by atoms with Crippen LogP contribution in [-0.2, 0) is 28.8 Å². The predicted octanol–water partition coefficient (Wildman–Crippen LogP) is 1.97. The fraction of sp³-hybridized carbons (Fsp3) is 0.500. The molecule has 0 fully saturated rings. The molecule has 0 spiro atoms. The van der Waals surface area contributed by atoms with Gasteiger partial charge >= 0.3 is 5.97 Å². The van der Waals surface area contributed by atoms with Crippen molar-refractivity contribution in [1.29, 1.82) is 0 Å². The summed E-state index contributed by atoms with van der Waals surface area (Å²) in [7, 11) is 0. The van der Waals surface area contributed by atoms with Crippen LogP contribution in [0.25, 0.3) is 10.2 Å². The lowest BCUT2D eigenvalue weighted by Crippen LogP contribution is -2.16. The highest BCUT2D eigenvalue weighted by Gasteiger charge is 2.20. The second kappa shape index (κ2) is 5.36. The summed E-state index contributed by atoms with van der Waals surface area (Å²) in [4.78, 5) is 32.9. The van der Waals surface area contributed by atoms with Crippen LogP contribution in [0.15, 0.2) is 4.79 Å². The van der Waals surface area contributed by atoms with E-state index in [2.05, 4.69) is 9.97 Å². The van der Waals surface area contributed by atoms with Gasteiger partial charge in [0.15, 0.2) is 0 Å². The van der Waals surface area contributed by atoms with E-state index < -0.39 is 0 Å². The molecule has 0 saturated carbocycles. The molecule has 0 bridgehead atoms. The largest absolute Gasteiger partial charge is 0.466 e. The molecule has 2 aromatic heterocycles. The Labute approximate surface area is 120 Å². The Morgan fingerprint density at radius 1 is 1.40 bits per heavy atom. The highest BCUT2D eigenvalue weighted by Crippen LogP contribution is 2.33. The fourth-order valence-corrected chi connectivity index (χ4v) is 3.92. The lowest BCUT2D eigenvalue weighted by atomic mass is 9.97. The first-order chi connectivity index (χ1) is 9.69. The number of H-pyrrole nitrogens is 1. The summed E-state index contributed by atoms with van der Waals surface area (Å²) in [5.41, 5.74) is 1.03. The Balaban J connectivity index is 2.02. The van der Waals surface area contributed by atoms with Crippen LogP contribution in [0.5, 0.6) is 0 Å². The van der Waals surface area contributed by atoms with Crippen molar-refractivity contribution in [2.45, 2.75) is 39.0 Å². The number of hydrogen-bond acceptors (Lipinski definition) is 5. The van der Waals surface area contributed by atoms with Gasteiger partial charge < -0.3 is 9.72 Å². The maximum Gasteiger partial charge on any atom is 0.313 e. The van der Waals surface area contributed by atoms with Gasteiger partial charge in [0.25, 0.3) is 5.56 Å². The summed E-state index contributed by atoms with van der Waals surface area (Å²) in [6, 6.07) is 0. The number of ether oxygens (including phenoxy) is 1. The van der Waals surface area contributed by atoms with Gasteiger partial charge in [-0.3, -0.25) is 9.59 Å². The van der Waals surface area contributed by atoms with Crippen LogP contribution < -0.4 is 5.56 Å². The van der Waals surface area contributed by atoms with Crippen molar-refractivity contribution in [1.82, 2.24) is 9.97 Å². The van der Waals surface area contributed by atoms with Gasteiger partial charge in [0.05, 0.1) is 12.0 Å². The van der Waals surface area contributed by atoms with E-state index in [1.54, 1.807) is 18.3 Å². The Bertz CT molecular complexity index is 717. The van der Waals surface area contributed by atoms with Gasteiger partial charge in [-0.15, -0.1) is 11.3 Å². The van der Waals surface area contributed by atoms with E-state index >= 15 is 0 Å². The first-order valence-corrected chi connectivity index (χ1v) is 7.69. The molecule has 106 valence electrons. The van der Waals surface area contributed by atoms with Gasteiger partial charge in [0.1, 0.15) is 17.1 Å². The lowest BCUT2D eigenvalue weighted by Gasteiger charge is -2.09. The number of fused-ring (bicyclic) bond motifs is 3. The van der Waals surface area contributed by atoms with Gasteiger partial charge in [0, 0.05) is 4.88 Å². The number of nitrogens with one attached hydrogen (secondary N) is 1. The van der Waals surface area contributed by atoms with Gasteiger partial charge in [-0.25, -0.2) is 4.98 Å². The third kappa shape index (κ3) is 2.35. The van der Waals surface area contributed by atoms with Crippen molar-refractivity contribution in [2.75, 3.05) is 6.61 Å². The van der Waals surface area contributed by atoms with E-state index in [0.29, 0.717) is 12.4 Å². The van der Waals surface area contributed by atoms with Crippen molar-refractivity contribution in [2.24, 2.45) is 0 Å². The van der Waals surface area contributed by atoms with Crippen LogP contribution >= 0.6 is 11.3 Å². The molecule has 0 radical (unpaired) electrons. The number of carbonyl (C=O) groups is 1. The molecular formula is C14H16N2O3S. The van der Waals surface area contributed by atoms with Crippen LogP contribution in [0.4, 0.5) is 0 Å². The Morgan fingerprint density at radius 3 is 3.00 bits per heavy atom. The molecule has 0 amide bonds. The standard InChI is InChI=1S/C14H16N2O3S/c1-2-19-11(17)7-10-15-13(18)12-8-5-3-4-6-9(8)20-14(12)16-10/h2-7H2,1H3,(H,15,16,18). The number of nitrogens with zero attached hydrogens (tertiary/aromatic N) is 1. The summed E-state index contributed by atoms with van der Waals surface area (Å²) < 4.78 is 4.88.